The minimum Gasteiger partial charge on any atom is -0.389 e. The summed E-state index contributed by atoms with van der Waals surface area (Å²) in [6.07, 6.45) is 2.06. The van der Waals surface area contributed by atoms with Gasteiger partial charge in [-0.2, -0.15) is 0 Å². The number of nitrogens with two attached hydrogens (primary N) is 1. The van der Waals surface area contributed by atoms with Crippen LogP contribution in [0.25, 0.3) is 0 Å². The van der Waals surface area contributed by atoms with E-state index in [0.717, 1.165) is 25.9 Å². The summed E-state index contributed by atoms with van der Waals surface area (Å²) in [7, 11) is 0. The summed E-state index contributed by atoms with van der Waals surface area (Å²) in [6, 6.07) is 0. The lowest BCUT2D eigenvalue weighted by atomic mass is 9.93. The van der Waals surface area contributed by atoms with Gasteiger partial charge in [0.1, 0.15) is 0 Å². The van der Waals surface area contributed by atoms with E-state index in [1.54, 1.807) is 0 Å². The van der Waals surface area contributed by atoms with Gasteiger partial charge in [0.25, 0.3) is 0 Å². The minimum absolute atomic E-state index is 0.208. The topological polar surface area (TPSA) is 75.8 Å². The van der Waals surface area contributed by atoms with Gasteiger partial charge in [-0.15, -0.1) is 0 Å². The highest BCUT2D eigenvalue weighted by molar-refractivity contribution is 5.73. The molecule has 5 heteroatoms. The van der Waals surface area contributed by atoms with Crippen LogP contribution in [0.2, 0.25) is 0 Å². The number of hydrogen-bond donors (Lipinski definition) is 2. The smallest absolute Gasteiger partial charge is 0.217 e. The van der Waals surface area contributed by atoms with E-state index in [-0.39, 0.29) is 5.91 Å². The van der Waals surface area contributed by atoms with E-state index in [1.165, 1.54) is 0 Å². The summed E-state index contributed by atoms with van der Waals surface area (Å²) >= 11 is 0. The summed E-state index contributed by atoms with van der Waals surface area (Å²) in [5.74, 6) is 0.215. The average Bonchev–Trinajstić information content (AvgIpc) is 2.28. The highest BCUT2D eigenvalue weighted by atomic mass is 16.5. The zero-order chi connectivity index (χ0) is 12.7. The molecule has 3 N–H and O–H groups in total. The molecule has 1 saturated heterocycles. The Morgan fingerprint density at radius 3 is 2.71 bits per heavy atom. The van der Waals surface area contributed by atoms with Crippen LogP contribution in [-0.4, -0.2) is 54.9 Å². The van der Waals surface area contributed by atoms with Gasteiger partial charge in [0.05, 0.1) is 12.7 Å². The molecule has 1 rings (SSSR count). The molecule has 0 aliphatic carbocycles. The highest BCUT2D eigenvalue weighted by Gasteiger charge is 2.21. The first-order chi connectivity index (χ1) is 8.11. The van der Waals surface area contributed by atoms with Gasteiger partial charge in [-0.3, -0.25) is 4.79 Å². The predicted octanol–water partition coefficient (Wildman–Crippen LogP) is -0.0288. The van der Waals surface area contributed by atoms with Crippen LogP contribution in [0.3, 0.4) is 0 Å². The fourth-order valence-corrected chi connectivity index (χ4v) is 2.26. The molecule has 1 fully saturated rings. The van der Waals surface area contributed by atoms with Gasteiger partial charge in [0, 0.05) is 19.6 Å². The number of aliphatic hydroxyl groups is 1. The van der Waals surface area contributed by atoms with Crippen molar-refractivity contribution in [3.8, 4) is 0 Å². The number of carbonyl (C=O) groups is 1. The quantitative estimate of drug-likeness (QED) is 0.659. The van der Waals surface area contributed by atoms with Crippen LogP contribution >= 0.6 is 0 Å². The predicted molar refractivity (Wildman–Crippen MR) is 65.5 cm³/mol. The molecule has 17 heavy (non-hydrogen) atoms. The van der Waals surface area contributed by atoms with E-state index in [9.17, 15) is 9.90 Å². The van der Waals surface area contributed by atoms with Crippen molar-refractivity contribution in [1.29, 1.82) is 0 Å². The Balaban J connectivity index is 2.16. The van der Waals surface area contributed by atoms with Gasteiger partial charge in [0.2, 0.25) is 5.91 Å². The van der Waals surface area contributed by atoms with E-state index in [1.807, 2.05) is 6.92 Å². The molecule has 0 aromatic rings. The Labute approximate surface area is 103 Å². The molecule has 0 spiro atoms. The van der Waals surface area contributed by atoms with Crippen LogP contribution in [0.1, 0.15) is 26.2 Å². The standard InChI is InChI=1S/C12H24N2O3/c1-2-17-9-11(15)8-14-5-3-10(4-6-14)7-12(13)16/h10-11,15H,2-9H2,1H3,(H2,13,16). The summed E-state index contributed by atoms with van der Waals surface area (Å²) in [6.45, 7) is 5.48. The maximum atomic E-state index is 10.8. The number of likely N-dealkylation sites (tertiary alicyclic amines) is 1. The molecule has 1 atom stereocenters. The molecule has 0 radical (unpaired) electrons. The summed E-state index contributed by atoms with van der Waals surface area (Å²) < 4.78 is 5.17. The number of amides is 1. The molecule has 1 unspecified atom stereocenters. The van der Waals surface area contributed by atoms with Gasteiger partial charge < -0.3 is 20.5 Å². The fraction of sp³-hybridized carbons (Fsp3) is 0.917. The van der Waals surface area contributed by atoms with Crippen molar-refractivity contribution >= 4 is 5.91 Å². The third kappa shape index (κ3) is 6.00. The molecule has 5 nitrogen and oxygen atoms in total. The van der Waals surface area contributed by atoms with Gasteiger partial charge in [-0.1, -0.05) is 0 Å². The zero-order valence-electron chi connectivity index (χ0n) is 10.6. The lowest BCUT2D eigenvalue weighted by molar-refractivity contribution is -0.119. The summed E-state index contributed by atoms with van der Waals surface area (Å²) in [5.41, 5.74) is 5.18. The maximum absolute atomic E-state index is 10.8. The van der Waals surface area contributed by atoms with Gasteiger partial charge in [-0.25, -0.2) is 0 Å². The maximum Gasteiger partial charge on any atom is 0.217 e. The van der Waals surface area contributed by atoms with Crippen LogP contribution in [0.4, 0.5) is 0 Å². The molecule has 0 saturated carbocycles. The number of hydrogen-bond acceptors (Lipinski definition) is 4. The second-order valence-electron chi connectivity index (χ2n) is 4.73. The van der Waals surface area contributed by atoms with Crippen LogP contribution in [0, 0.1) is 5.92 Å². The molecular formula is C12H24N2O3. The fourth-order valence-electron chi connectivity index (χ4n) is 2.26. The number of carbonyl (C=O) groups excluding carboxylic acids is 1. The van der Waals surface area contributed by atoms with Crippen molar-refractivity contribution in [2.75, 3.05) is 32.8 Å². The number of nitrogens with zero attached hydrogens (tertiary/aromatic N) is 1. The number of piperidine rings is 1. The van der Waals surface area contributed by atoms with Gasteiger partial charge in [-0.05, 0) is 38.8 Å². The average molecular weight is 244 g/mol. The Bertz CT molecular complexity index is 228. The van der Waals surface area contributed by atoms with E-state index >= 15 is 0 Å². The summed E-state index contributed by atoms with van der Waals surface area (Å²) in [4.78, 5) is 13.0. The van der Waals surface area contributed by atoms with Crippen molar-refractivity contribution < 1.29 is 14.6 Å². The largest absolute Gasteiger partial charge is 0.389 e. The molecule has 0 aromatic heterocycles. The Hall–Kier alpha value is -0.650. The molecule has 1 aliphatic rings. The molecule has 0 aromatic carbocycles. The third-order valence-corrected chi connectivity index (χ3v) is 3.18. The zero-order valence-corrected chi connectivity index (χ0v) is 10.6. The molecule has 0 bridgehead atoms. The molecule has 1 amide bonds. The normalized spacial score (nSPS) is 20.4. The van der Waals surface area contributed by atoms with Crippen molar-refractivity contribution in [3.05, 3.63) is 0 Å². The lowest BCUT2D eigenvalue weighted by Gasteiger charge is -2.32. The number of β-amino-alcohol motifs (C(OH)–C–C–N with tert-alkyl or cyclic N) is 1. The van der Waals surface area contributed by atoms with Crippen molar-refractivity contribution in [2.24, 2.45) is 11.7 Å². The van der Waals surface area contributed by atoms with Crippen LogP contribution in [-0.2, 0) is 9.53 Å². The monoisotopic (exact) mass is 244 g/mol. The Morgan fingerprint density at radius 2 is 2.18 bits per heavy atom. The van der Waals surface area contributed by atoms with Crippen molar-refractivity contribution in [2.45, 2.75) is 32.3 Å². The number of ether oxygens (including phenoxy) is 1. The van der Waals surface area contributed by atoms with Crippen molar-refractivity contribution in [1.82, 2.24) is 4.90 Å². The first-order valence-corrected chi connectivity index (χ1v) is 6.38. The molecule has 1 heterocycles. The third-order valence-electron chi connectivity index (χ3n) is 3.18. The van der Waals surface area contributed by atoms with Gasteiger partial charge >= 0.3 is 0 Å². The lowest BCUT2D eigenvalue weighted by Crippen LogP contribution is -2.40. The minimum atomic E-state index is -0.414. The second-order valence-corrected chi connectivity index (χ2v) is 4.73. The SMILES string of the molecule is CCOCC(O)CN1CCC(CC(N)=O)CC1. The molecule has 1 aliphatic heterocycles. The summed E-state index contributed by atoms with van der Waals surface area (Å²) in [5, 5.41) is 9.70. The number of primary amides is 1. The van der Waals surface area contributed by atoms with E-state index < -0.39 is 6.10 Å². The van der Waals surface area contributed by atoms with Gasteiger partial charge in [0.15, 0.2) is 0 Å². The molecule has 100 valence electrons. The van der Waals surface area contributed by atoms with Crippen LogP contribution in [0.5, 0.6) is 0 Å². The van der Waals surface area contributed by atoms with E-state index in [2.05, 4.69) is 4.90 Å². The Morgan fingerprint density at radius 1 is 1.53 bits per heavy atom. The first kappa shape index (κ1) is 14.4. The Kier molecular flexibility index (Phi) is 6.47. The van der Waals surface area contributed by atoms with E-state index in [0.29, 0.717) is 32.1 Å². The number of aliphatic hydroxyl groups excluding tert-OH is 1. The highest BCUT2D eigenvalue weighted by Crippen LogP contribution is 2.20. The second kappa shape index (κ2) is 7.63. The van der Waals surface area contributed by atoms with Crippen LogP contribution in [0.15, 0.2) is 0 Å². The number of rotatable bonds is 7. The first-order valence-electron chi connectivity index (χ1n) is 6.38. The molecular weight excluding hydrogens is 220 g/mol. The van der Waals surface area contributed by atoms with E-state index in [4.69, 9.17) is 10.5 Å². The van der Waals surface area contributed by atoms with Crippen LogP contribution < -0.4 is 5.73 Å². The van der Waals surface area contributed by atoms with Crippen molar-refractivity contribution in [3.63, 3.8) is 0 Å².